The fourth-order valence-corrected chi connectivity index (χ4v) is 2.30. The van der Waals surface area contributed by atoms with Gasteiger partial charge in [-0.25, -0.2) is 0 Å². The van der Waals surface area contributed by atoms with E-state index < -0.39 is 0 Å². The summed E-state index contributed by atoms with van der Waals surface area (Å²) in [5, 5.41) is 10.5. The van der Waals surface area contributed by atoms with Crippen LogP contribution in [-0.4, -0.2) is 25.5 Å². The molecule has 2 rings (SSSR count). The number of rotatable bonds is 4. The van der Waals surface area contributed by atoms with E-state index in [4.69, 9.17) is 9.47 Å². The minimum atomic E-state index is -0.133. The van der Waals surface area contributed by atoms with Gasteiger partial charge < -0.3 is 14.6 Å². The van der Waals surface area contributed by atoms with Crippen LogP contribution in [0.3, 0.4) is 0 Å². The van der Waals surface area contributed by atoms with Gasteiger partial charge >= 0.3 is 0 Å². The molecule has 23 heavy (non-hydrogen) atoms. The van der Waals surface area contributed by atoms with Crippen molar-refractivity contribution in [1.82, 2.24) is 0 Å². The monoisotopic (exact) mass is 313 g/mol. The Bertz CT molecular complexity index is 715. The van der Waals surface area contributed by atoms with Crippen molar-refractivity contribution in [2.45, 2.75) is 26.2 Å². The number of aromatic hydroxyl groups is 1. The number of nitrogens with zero attached hydrogens (tertiary/aromatic N) is 1. The molecule has 0 aromatic heterocycles. The van der Waals surface area contributed by atoms with E-state index in [1.54, 1.807) is 26.5 Å². The number of benzene rings is 2. The van der Waals surface area contributed by atoms with Gasteiger partial charge in [0.2, 0.25) is 0 Å². The molecule has 0 fully saturated rings. The molecule has 0 saturated heterocycles. The van der Waals surface area contributed by atoms with Crippen molar-refractivity contribution >= 4 is 11.9 Å². The third kappa shape index (κ3) is 3.83. The van der Waals surface area contributed by atoms with Crippen molar-refractivity contribution < 1.29 is 14.6 Å². The highest BCUT2D eigenvalue weighted by molar-refractivity contribution is 5.86. The van der Waals surface area contributed by atoms with Gasteiger partial charge in [-0.2, -0.15) is 0 Å². The second kappa shape index (κ2) is 6.73. The summed E-state index contributed by atoms with van der Waals surface area (Å²) in [7, 11) is 3.19. The highest BCUT2D eigenvalue weighted by atomic mass is 16.5. The largest absolute Gasteiger partial charge is 0.507 e. The quantitative estimate of drug-likeness (QED) is 0.848. The van der Waals surface area contributed by atoms with E-state index in [-0.39, 0.29) is 11.2 Å². The number of methoxy groups -OCH3 is 2. The molecule has 1 N–H and O–H groups in total. The van der Waals surface area contributed by atoms with Gasteiger partial charge in [-0.15, -0.1) is 0 Å². The Hall–Kier alpha value is -2.49. The van der Waals surface area contributed by atoms with Crippen LogP contribution in [0.4, 0.5) is 5.69 Å². The van der Waals surface area contributed by atoms with Crippen LogP contribution in [-0.2, 0) is 5.41 Å². The molecule has 0 unspecified atom stereocenters. The Morgan fingerprint density at radius 2 is 1.78 bits per heavy atom. The van der Waals surface area contributed by atoms with Crippen molar-refractivity contribution in [3.8, 4) is 17.2 Å². The maximum Gasteiger partial charge on any atom is 0.148 e. The minimum Gasteiger partial charge on any atom is -0.507 e. The van der Waals surface area contributed by atoms with Gasteiger partial charge in [0.05, 0.1) is 14.2 Å². The Morgan fingerprint density at radius 1 is 1.04 bits per heavy atom. The molecule has 2 aromatic carbocycles. The molecular formula is C19H23NO3. The summed E-state index contributed by atoms with van der Waals surface area (Å²) >= 11 is 0. The molecule has 4 nitrogen and oxygen atoms in total. The first-order valence-electron chi connectivity index (χ1n) is 7.45. The van der Waals surface area contributed by atoms with Crippen molar-refractivity contribution in [2.24, 2.45) is 4.99 Å². The third-order valence-corrected chi connectivity index (χ3v) is 3.60. The minimum absolute atomic E-state index is 0.133. The zero-order chi connectivity index (χ0) is 17.0. The number of phenolic OH excluding ortho intramolecular Hbond substituents is 1. The first-order valence-corrected chi connectivity index (χ1v) is 7.45. The molecule has 4 heteroatoms. The van der Waals surface area contributed by atoms with E-state index in [9.17, 15) is 5.11 Å². The van der Waals surface area contributed by atoms with Crippen LogP contribution in [0, 0.1) is 0 Å². The lowest BCUT2D eigenvalue weighted by Gasteiger charge is -2.21. The number of ether oxygens (including phenoxy) is 2. The van der Waals surface area contributed by atoms with E-state index in [0.29, 0.717) is 22.7 Å². The average Bonchev–Trinajstić information content (AvgIpc) is 2.52. The van der Waals surface area contributed by atoms with Crippen LogP contribution < -0.4 is 9.47 Å². The summed E-state index contributed by atoms with van der Waals surface area (Å²) in [6.07, 6.45) is 1.65. The number of aliphatic imine (C=N–C) groups is 1. The van der Waals surface area contributed by atoms with Gasteiger partial charge in [0.25, 0.3) is 0 Å². The highest BCUT2D eigenvalue weighted by Gasteiger charge is 2.19. The molecule has 0 bridgehead atoms. The molecule has 0 radical (unpaired) electrons. The number of hydrogen-bond acceptors (Lipinski definition) is 4. The normalized spacial score (nSPS) is 11.7. The van der Waals surface area contributed by atoms with Crippen LogP contribution in [0.2, 0.25) is 0 Å². The van der Waals surface area contributed by atoms with Crippen LogP contribution in [0.1, 0.15) is 31.9 Å². The predicted molar refractivity (Wildman–Crippen MR) is 93.6 cm³/mol. The summed E-state index contributed by atoms with van der Waals surface area (Å²) in [5.74, 6) is 1.58. The van der Waals surface area contributed by atoms with Crippen molar-refractivity contribution in [3.05, 3.63) is 47.5 Å². The van der Waals surface area contributed by atoms with Gasteiger partial charge in [0.1, 0.15) is 22.9 Å². The molecule has 0 atom stereocenters. The maximum atomic E-state index is 10.5. The molecule has 122 valence electrons. The number of hydrogen-bond donors (Lipinski definition) is 1. The molecular weight excluding hydrogens is 290 g/mol. The van der Waals surface area contributed by atoms with Gasteiger partial charge in [0, 0.05) is 17.8 Å². The molecule has 0 saturated carbocycles. The number of para-hydroxylation sites is 1. The molecule has 0 heterocycles. The summed E-state index contributed by atoms with van der Waals surface area (Å²) in [6.45, 7) is 6.19. The van der Waals surface area contributed by atoms with Crippen LogP contribution in [0.25, 0.3) is 0 Å². The van der Waals surface area contributed by atoms with Gasteiger partial charge in [-0.05, 0) is 29.2 Å². The second-order valence-corrected chi connectivity index (χ2v) is 6.29. The van der Waals surface area contributed by atoms with Crippen molar-refractivity contribution in [3.63, 3.8) is 0 Å². The third-order valence-electron chi connectivity index (χ3n) is 3.60. The SMILES string of the molecule is COc1ccc(N=Cc2cccc(C(C)(C)C)c2O)c(OC)c1. The topological polar surface area (TPSA) is 51.0 Å². The average molecular weight is 313 g/mol. The second-order valence-electron chi connectivity index (χ2n) is 6.29. The molecule has 0 spiro atoms. The molecule has 2 aromatic rings. The maximum absolute atomic E-state index is 10.5. The molecule has 0 amide bonds. The molecule has 0 aliphatic heterocycles. The Balaban J connectivity index is 2.38. The molecule has 0 aliphatic rings. The first-order chi connectivity index (χ1) is 10.9. The number of phenols is 1. The lowest BCUT2D eigenvalue weighted by atomic mass is 9.85. The van der Waals surface area contributed by atoms with Gasteiger partial charge in [-0.1, -0.05) is 32.9 Å². The summed E-state index contributed by atoms with van der Waals surface area (Å²) < 4.78 is 10.5. The summed E-state index contributed by atoms with van der Waals surface area (Å²) in [5.41, 5.74) is 2.11. The van der Waals surface area contributed by atoms with E-state index >= 15 is 0 Å². The smallest absolute Gasteiger partial charge is 0.148 e. The fraction of sp³-hybridized carbons (Fsp3) is 0.316. The first kappa shape index (κ1) is 16.9. The van der Waals surface area contributed by atoms with E-state index in [1.165, 1.54) is 0 Å². The Labute approximate surface area is 137 Å². The van der Waals surface area contributed by atoms with Crippen LogP contribution in [0.5, 0.6) is 17.2 Å². The Morgan fingerprint density at radius 3 is 2.39 bits per heavy atom. The lowest BCUT2D eigenvalue weighted by molar-refractivity contribution is 0.395. The van der Waals surface area contributed by atoms with Gasteiger partial charge in [0.15, 0.2) is 0 Å². The van der Waals surface area contributed by atoms with Crippen LogP contribution >= 0.6 is 0 Å². The standard InChI is InChI=1S/C19H23NO3/c1-19(2,3)15-8-6-7-13(18(15)21)12-20-16-10-9-14(22-4)11-17(16)23-5/h6-12,21H,1-5H3. The highest BCUT2D eigenvalue weighted by Crippen LogP contribution is 2.34. The van der Waals surface area contributed by atoms with E-state index in [0.717, 1.165) is 5.56 Å². The Kier molecular flexibility index (Phi) is 4.94. The van der Waals surface area contributed by atoms with Crippen molar-refractivity contribution in [1.29, 1.82) is 0 Å². The summed E-state index contributed by atoms with van der Waals surface area (Å²) in [4.78, 5) is 4.44. The van der Waals surface area contributed by atoms with E-state index in [2.05, 4.69) is 25.8 Å². The fourth-order valence-electron chi connectivity index (χ4n) is 2.30. The predicted octanol–water partition coefficient (Wildman–Crippen LogP) is 4.46. The zero-order valence-electron chi connectivity index (χ0n) is 14.3. The zero-order valence-corrected chi connectivity index (χ0v) is 14.3. The van der Waals surface area contributed by atoms with Crippen LogP contribution in [0.15, 0.2) is 41.4 Å². The van der Waals surface area contributed by atoms with E-state index in [1.807, 2.05) is 30.3 Å². The molecule has 0 aliphatic carbocycles. The summed E-state index contributed by atoms with van der Waals surface area (Å²) in [6, 6.07) is 11.1. The van der Waals surface area contributed by atoms with Gasteiger partial charge in [-0.3, -0.25) is 4.99 Å². The lowest BCUT2D eigenvalue weighted by Crippen LogP contribution is -2.11. The van der Waals surface area contributed by atoms with Crippen molar-refractivity contribution in [2.75, 3.05) is 14.2 Å².